The van der Waals surface area contributed by atoms with E-state index in [1.54, 1.807) is 14.2 Å². The molecule has 5 N–H and O–H groups in total. The molecule has 0 unspecified atom stereocenters. The zero-order valence-electron chi connectivity index (χ0n) is 16.6. The third kappa shape index (κ3) is 6.94. The molecule has 0 radical (unpaired) electrons. The molecule has 0 aliphatic carbocycles. The number of nitrogen functional groups attached to an aromatic ring is 1. The molecular weight excluding hydrogens is 326 g/mol. The van der Waals surface area contributed by atoms with E-state index in [2.05, 4.69) is 50.4 Å². The third-order valence-corrected chi connectivity index (χ3v) is 4.00. The Kier molecular flexibility index (Phi) is 9.55. The van der Waals surface area contributed by atoms with Gasteiger partial charge in [0, 0.05) is 20.2 Å². The van der Waals surface area contributed by atoms with Crippen molar-refractivity contribution in [2.75, 3.05) is 38.4 Å². The van der Waals surface area contributed by atoms with Crippen LogP contribution in [0.4, 0.5) is 11.4 Å². The van der Waals surface area contributed by atoms with Crippen molar-refractivity contribution in [1.82, 2.24) is 0 Å². The van der Waals surface area contributed by atoms with Crippen LogP contribution in [0.5, 0.6) is 5.75 Å². The van der Waals surface area contributed by atoms with Gasteiger partial charge in [-0.25, -0.2) is 0 Å². The summed E-state index contributed by atoms with van der Waals surface area (Å²) in [5, 5.41) is 3.17. The van der Waals surface area contributed by atoms with Gasteiger partial charge < -0.3 is 26.3 Å². The number of nitrogens with two attached hydrogens (primary N) is 2. The number of ether oxygens (including phenoxy) is 2. The molecule has 0 aliphatic heterocycles. The molecule has 0 saturated carbocycles. The summed E-state index contributed by atoms with van der Waals surface area (Å²) in [5.41, 5.74) is 16.6. The molecule has 0 fully saturated rings. The Balaban J connectivity index is 0.000000289. The van der Waals surface area contributed by atoms with Gasteiger partial charge in [0.1, 0.15) is 11.4 Å². The van der Waals surface area contributed by atoms with E-state index in [9.17, 15) is 0 Å². The van der Waals surface area contributed by atoms with Crippen molar-refractivity contribution in [3.8, 4) is 5.75 Å². The van der Waals surface area contributed by atoms with Gasteiger partial charge in [-0.2, -0.15) is 0 Å². The molecule has 5 nitrogen and oxygen atoms in total. The predicted molar refractivity (Wildman–Crippen MR) is 111 cm³/mol. The molecule has 144 valence electrons. The van der Waals surface area contributed by atoms with E-state index in [-0.39, 0.29) is 0 Å². The van der Waals surface area contributed by atoms with Gasteiger partial charge in [-0.1, -0.05) is 43.7 Å². The summed E-state index contributed by atoms with van der Waals surface area (Å²) in [5.74, 6) is 1.36. The number of nitrogens with one attached hydrogen (secondary N) is 1. The van der Waals surface area contributed by atoms with Crippen molar-refractivity contribution in [3.05, 3.63) is 53.1 Å². The Labute approximate surface area is 157 Å². The van der Waals surface area contributed by atoms with Gasteiger partial charge in [0.2, 0.25) is 0 Å². The van der Waals surface area contributed by atoms with Gasteiger partial charge in [0.15, 0.2) is 0 Å². The number of hydrogen-bond donors (Lipinski definition) is 3. The second-order valence-corrected chi connectivity index (χ2v) is 6.45. The monoisotopic (exact) mass is 359 g/mol. The second-order valence-electron chi connectivity index (χ2n) is 6.45. The fourth-order valence-corrected chi connectivity index (χ4v) is 2.39. The van der Waals surface area contributed by atoms with Crippen LogP contribution in [0.2, 0.25) is 0 Å². The smallest absolute Gasteiger partial charge is 0.144 e. The van der Waals surface area contributed by atoms with Gasteiger partial charge >= 0.3 is 0 Å². The number of rotatable bonds is 7. The summed E-state index contributed by atoms with van der Waals surface area (Å²) in [6.07, 6.45) is 0. The molecule has 0 saturated heterocycles. The standard InChI is InChI=1S/C11H19N3O2.C10H14/c1-15-4-3-14-11-9(13)5-8(7-12)6-10(11)16-2;1-8(2)10-6-4-9(3)5-7-10/h5-6,14H,3-4,7,12-13H2,1-2H3;4-8H,1-3H3. The lowest BCUT2D eigenvalue weighted by Gasteiger charge is -2.14. The highest BCUT2D eigenvalue weighted by Crippen LogP contribution is 2.32. The Morgan fingerprint density at radius 1 is 1.08 bits per heavy atom. The highest BCUT2D eigenvalue weighted by molar-refractivity contribution is 5.74. The molecule has 0 aromatic heterocycles. The summed E-state index contributed by atoms with van der Waals surface area (Å²) in [6.45, 7) is 8.28. The van der Waals surface area contributed by atoms with Gasteiger partial charge in [-0.3, -0.25) is 0 Å². The summed E-state index contributed by atoms with van der Waals surface area (Å²) in [4.78, 5) is 0. The molecule has 2 aromatic rings. The summed E-state index contributed by atoms with van der Waals surface area (Å²) in [6, 6.07) is 12.4. The lowest BCUT2D eigenvalue weighted by Crippen LogP contribution is -2.11. The van der Waals surface area contributed by atoms with Crippen LogP contribution in [0, 0.1) is 6.92 Å². The minimum absolute atomic E-state index is 0.443. The van der Waals surface area contributed by atoms with E-state index in [0.29, 0.717) is 37.1 Å². The van der Waals surface area contributed by atoms with E-state index < -0.39 is 0 Å². The number of aryl methyl sites for hydroxylation is 1. The van der Waals surface area contributed by atoms with E-state index in [0.717, 1.165) is 11.3 Å². The van der Waals surface area contributed by atoms with E-state index in [1.165, 1.54) is 11.1 Å². The first-order chi connectivity index (χ1) is 12.4. The van der Waals surface area contributed by atoms with Crippen LogP contribution in [-0.2, 0) is 11.3 Å². The number of methoxy groups -OCH3 is 2. The van der Waals surface area contributed by atoms with Crippen LogP contribution < -0.4 is 21.5 Å². The molecule has 0 amide bonds. The molecular formula is C21H33N3O2. The Hall–Kier alpha value is -2.24. The Morgan fingerprint density at radius 3 is 2.23 bits per heavy atom. The molecule has 26 heavy (non-hydrogen) atoms. The van der Waals surface area contributed by atoms with Crippen LogP contribution >= 0.6 is 0 Å². The van der Waals surface area contributed by atoms with Gasteiger partial charge in [-0.15, -0.1) is 0 Å². The Bertz CT molecular complexity index is 655. The third-order valence-electron chi connectivity index (χ3n) is 4.00. The molecule has 0 heterocycles. The first-order valence-corrected chi connectivity index (χ1v) is 8.88. The van der Waals surface area contributed by atoms with Crippen molar-refractivity contribution in [3.63, 3.8) is 0 Å². The zero-order valence-corrected chi connectivity index (χ0v) is 16.6. The van der Waals surface area contributed by atoms with Crippen molar-refractivity contribution in [2.24, 2.45) is 5.73 Å². The number of hydrogen-bond acceptors (Lipinski definition) is 5. The molecule has 0 atom stereocenters. The van der Waals surface area contributed by atoms with Crippen LogP contribution in [0.15, 0.2) is 36.4 Å². The lowest BCUT2D eigenvalue weighted by atomic mass is 10.0. The fraction of sp³-hybridized carbons (Fsp3) is 0.429. The second kappa shape index (κ2) is 11.4. The zero-order chi connectivity index (χ0) is 19.5. The molecule has 2 aromatic carbocycles. The minimum Gasteiger partial charge on any atom is -0.494 e. The van der Waals surface area contributed by atoms with Crippen LogP contribution in [0.1, 0.15) is 36.5 Å². The Morgan fingerprint density at radius 2 is 1.73 bits per heavy atom. The van der Waals surface area contributed by atoms with Gasteiger partial charge in [-0.05, 0) is 36.1 Å². The van der Waals surface area contributed by atoms with Crippen molar-refractivity contribution in [2.45, 2.75) is 33.2 Å². The van der Waals surface area contributed by atoms with Crippen molar-refractivity contribution < 1.29 is 9.47 Å². The van der Waals surface area contributed by atoms with Crippen LogP contribution in [-0.4, -0.2) is 27.4 Å². The lowest BCUT2D eigenvalue weighted by molar-refractivity contribution is 0.210. The number of anilines is 2. The summed E-state index contributed by atoms with van der Waals surface area (Å²) < 4.78 is 10.2. The largest absolute Gasteiger partial charge is 0.494 e. The molecule has 0 bridgehead atoms. The average Bonchev–Trinajstić information content (AvgIpc) is 2.63. The maximum Gasteiger partial charge on any atom is 0.144 e. The molecule has 5 heteroatoms. The van der Waals surface area contributed by atoms with E-state index in [4.69, 9.17) is 20.9 Å². The maximum absolute atomic E-state index is 5.92. The van der Waals surface area contributed by atoms with E-state index in [1.807, 2.05) is 12.1 Å². The normalized spacial score (nSPS) is 10.3. The molecule has 2 rings (SSSR count). The summed E-state index contributed by atoms with van der Waals surface area (Å²) >= 11 is 0. The van der Waals surface area contributed by atoms with Crippen molar-refractivity contribution in [1.29, 1.82) is 0 Å². The van der Waals surface area contributed by atoms with Crippen LogP contribution in [0.3, 0.4) is 0 Å². The topological polar surface area (TPSA) is 82.5 Å². The first kappa shape index (κ1) is 21.8. The number of benzene rings is 2. The van der Waals surface area contributed by atoms with Gasteiger partial charge in [0.05, 0.1) is 19.4 Å². The summed E-state index contributed by atoms with van der Waals surface area (Å²) in [7, 11) is 3.26. The SMILES string of the molecule is COCCNc1c(N)cc(CN)cc1OC.Cc1ccc(C(C)C)cc1. The molecule has 0 spiro atoms. The highest BCUT2D eigenvalue weighted by Gasteiger charge is 2.08. The van der Waals surface area contributed by atoms with Gasteiger partial charge in [0.25, 0.3) is 0 Å². The maximum atomic E-state index is 5.92. The quantitative estimate of drug-likeness (QED) is 0.516. The fourth-order valence-electron chi connectivity index (χ4n) is 2.39. The minimum atomic E-state index is 0.443. The van der Waals surface area contributed by atoms with Crippen molar-refractivity contribution >= 4 is 11.4 Å². The predicted octanol–water partition coefficient (Wildman–Crippen LogP) is 3.91. The van der Waals surface area contributed by atoms with Crippen LogP contribution in [0.25, 0.3) is 0 Å². The molecule has 0 aliphatic rings. The van der Waals surface area contributed by atoms with E-state index >= 15 is 0 Å². The first-order valence-electron chi connectivity index (χ1n) is 8.88. The average molecular weight is 360 g/mol. The highest BCUT2D eigenvalue weighted by atomic mass is 16.5.